The monoisotopic (exact) mass is 478 g/mol. The van der Waals surface area contributed by atoms with E-state index in [4.69, 9.17) is 0 Å². The zero-order valence-corrected chi connectivity index (χ0v) is 20.2. The van der Waals surface area contributed by atoms with Crippen LogP contribution in [0.4, 0.5) is 0 Å². The van der Waals surface area contributed by atoms with E-state index in [0.29, 0.717) is 0 Å². The van der Waals surface area contributed by atoms with Crippen molar-refractivity contribution in [1.29, 1.82) is 0 Å². The number of amides is 1. The predicted molar refractivity (Wildman–Crippen MR) is 136 cm³/mol. The number of carbonyl (C=O) groups is 1. The topological polar surface area (TPSA) is 67.2 Å². The van der Waals surface area contributed by atoms with Gasteiger partial charge in [0, 0.05) is 11.3 Å². The summed E-state index contributed by atoms with van der Waals surface area (Å²) in [5, 5.41) is 15.0. The number of thioether (sulfide) groups is 2. The molecule has 1 N–H and O–H groups in total. The molecule has 1 aromatic heterocycles. The van der Waals surface area contributed by atoms with Crippen LogP contribution in [0.15, 0.2) is 80.5 Å². The molecule has 0 atom stereocenters. The second kappa shape index (κ2) is 10.8. The van der Waals surface area contributed by atoms with Crippen LogP contribution in [0, 0.1) is 6.92 Å². The highest BCUT2D eigenvalue weighted by atomic mass is 32.2. The summed E-state index contributed by atoms with van der Waals surface area (Å²) < 4.78 is 1.68. The van der Waals surface area contributed by atoms with Gasteiger partial charge in [-0.25, -0.2) is 5.43 Å². The highest BCUT2D eigenvalue weighted by Crippen LogP contribution is 2.30. The van der Waals surface area contributed by atoms with E-state index in [0.717, 1.165) is 36.5 Å². The summed E-state index contributed by atoms with van der Waals surface area (Å²) in [7, 11) is 0. The van der Waals surface area contributed by atoms with Crippen LogP contribution in [0.1, 0.15) is 23.6 Å². The molecule has 0 spiro atoms. The molecule has 0 bridgehead atoms. The maximum absolute atomic E-state index is 12.3. The molecule has 1 amide bonds. The fraction of sp³-hybridized carbons (Fsp3) is 0.167. The average Bonchev–Trinajstić information content (AvgIpc) is 3.28. The maximum Gasteiger partial charge on any atom is 0.250 e. The molecule has 0 saturated heterocycles. The summed E-state index contributed by atoms with van der Waals surface area (Å²) in [5.41, 5.74) is 6.94. The highest BCUT2D eigenvalue weighted by molar-refractivity contribution is 8.03. The van der Waals surface area contributed by atoms with Crippen LogP contribution in [-0.4, -0.2) is 27.6 Å². The third-order valence-corrected chi connectivity index (χ3v) is 7.99. The molecule has 162 valence electrons. The molecule has 8 heteroatoms. The molecular formula is C24H22N4OS3. The predicted octanol–water partition coefficient (Wildman–Crippen LogP) is 5.92. The van der Waals surface area contributed by atoms with Gasteiger partial charge in [0.1, 0.15) is 0 Å². The Bertz CT molecular complexity index is 1250. The summed E-state index contributed by atoms with van der Waals surface area (Å²) >= 11 is 4.54. The SMILES string of the molecule is C/C(=N/NC(=O)CSc1nnc(SCc2ccc(C)cc2)s1)c1cccc2ccccc12. The van der Waals surface area contributed by atoms with Crippen molar-refractivity contribution in [2.45, 2.75) is 28.3 Å². The maximum atomic E-state index is 12.3. The molecule has 5 nitrogen and oxygen atoms in total. The fourth-order valence-corrected chi connectivity index (χ4v) is 5.82. The molecule has 0 fully saturated rings. The van der Waals surface area contributed by atoms with E-state index in [2.05, 4.69) is 70.1 Å². The first-order valence-electron chi connectivity index (χ1n) is 10.0. The second-order valence-corrected chi connectivity index (χ2v) is 10.6. The van der Waals surface area contributed by atoms with Crippen molar-refractivity contribution in [3.63, 3.8) is 0 Å². The van der Waals surface area contributed by atoms with Crippen molar-refractivity contribution < 1.29 is 4.79 Å². The number of carbonyl (C=O) groups excluding carboxylic acids is 1. The first-order chi connectivity index (χ1) is 15.6. The van der Waals surface area contributed by atoms with Gasteiger partial charge in [0.25, 0.3) is 5.91 Å². The zero-order chi connectivity index (χ0) is 22.3. The number of rotatable bonds is 8. The van der Waals surface area contributed by atoms with Crippen molar-refractivity contribution in [3.05, 3.63) is 83.4 Å². The first-order valence-corrected chi connectivity index (χ1v) is 12.8. The van der Waals surface area contributed by atoms with Gasteiger partial charge in [-0.3, -0.25) is 4.79 Å². The number of nitrogens with zero attached hydrogens (tertiary/aromatic N) is 3. The normalized spacial score (nSPS) is 11.6. The Hall–Kier alpha value is -2.68. The molecule has 0 radical (unpaired) electrons. The highest BCUT2D eigenvalue weighted by Gasteiger charge is 2.10. The summed E-state index contributed by atoms with van der Waals surface area (Å²) in [6, 6.07) is 22.7. The Morgan fingerprint density at radius 2 is 1.69 bits per heavy atom. The second-order valence-electron chi connectivity index (χ2n) is 7.16. The average molecular weight is 479 g/mol. The number of hydrazone groups is 1. The third kappa shape index (κ3) is 5.97. The Kier molecular flexibility index (Phi) is 7.57. The third-order valence-electron chi connectivity index (χ3n) is 4.73. The van der Waals surface area contributed by atoms with Crippen molar-refractivity contribution in [3.8, 4) is 0 Å². The molecule has 1 heterocycles. The fourth-order valence-electron chi connectivity index (χ4n) is 3.05. The smallest absolute Gasteiger partial charge is 0.250 e. The minimum atomic E-state index is -0.168. The van der Waals surface area contributed by atoms with Gasteiger partial charge in [-0.15, -0.1) is 10.2 Å². The van der Waals surface area contributed by atoms with Crippen LogP contribution >= 0.6 is 34.9 Å². The molecule has 4 rings (SSSR count). The van der Waals surface area contributed by atoms with Crippen LogP contribution < -0.4 is 5.43 Å². The van der Waals surface area contributed by atoms with Gasteiger partial charge in [-0.2, -0.15) is 5.10 Å². The lowest BCUT2D eigenvalue weighted by Crippen LogP contribution is -2.21. The number of fused-ring (bicyclic) bond motifs is 1. The van der Waals surface area contributed by atoms with E-state index in [1.54, 1.807) is 11.8 Å². The number of benzene rings is 3. The number of nitrogens with one attached hydrogen (secondary N) is 1. The Labute approximate surface area is 199 Å². The van der Waals surface area contributed by atoms with Gasteiger partial charge in [-0.1, -0.05) is 107 Å². The van der Waals surface area contributed by atoms with Crippen LogP contribution in [0.25, 0.3) is 10.8 Å². The lowest BCUT2D eigenvalue weighted by molar-refractivity contribution is -0.118. The lowest BCUT2D eigenvalue weighted by atomic mass is 10.0. The van der Waals surface area contributed by atoms with Crippen molar-refractivity contribution in [2.75, 3.05) is 5.75 Å². The van der Waals surface area contributed by atoms with E-state index in [1.807, 2.05) is 31.2 Å². The largest absolute Gasteiger partial charge is 0.272 e. The van der Waals surface area contributed by atoms with Crippen LogP contribution in [0.3, 0.4) is 0 Å². The molecule has 4 aromatic rings. The molecule has 0 unspecified atom stereocenters. The lowest BCUT2D eigenvalue weighted by Gasteiger charge is -2.06. The van der Waals surface area contributed by atoms with Gasteiger partial charge in [-0.05, 0) is 30.2 Å². The molecule has 32 heavy (non-hydrogen) atoms. The summed E-state index contributed by atoms with van der Waals surface area (Å²) in [5.74, 6) is 0.921. The van der Waals surface area contributed by atoms with Gasteiger partial charge < -0.3 is 0 Å². The van der Waals surface area contributed by atoms with Crippen LogP contribution in [0.5, 0.6) is 0 Å². The van der Waals surface area contributed by atoms with Crippen molar-refractivity contribution in [2.24, 2.45) is 5.10 Å². The number of aryl methyl sites for hydroxylation is 1. The van der Waals surface area contributed by atoms with Crippen molar-refractivity contribution in [1.82, 2.24) is 15.6 Å². The molecular weight excluding hydrogens is 456 g/mol. The molecule has 3 aromatic carbocycles. The summed E-state index contributed by atoms with van der Waals surface area (Å²) in [6.45, 7) is 3.98. The van der Waals surface area contributed by atoms with E-state index in [9.17, 15) is 4.79 Å². The van der Waals surface area contributed by atoms with E-state index in [1.165, 1.54) is 34.2 Å². The summed E-state index contributed by atoms with van der Waals surface area (Å²) in [4.78, 5) is 12.3. The standard InChI is InChI=1S/C24H22N4OS3/c1-16-10-12-18(13-11-16)14-30-23-27-28-24(32-23)31-15-22(29)26-25-17(2)20-9-5-7-19-6-3-4-8-21(19)20/h3-13H,14-15H2,1-2H3,(H,26,29)/b25-17-. The Morgan fingerprint density at radius 1 is 0.969 bits per heavy atom. The van der Waals surface area contributed by atoms with Crippen molar-refractivity contribution >= 4 is 57.3 Å². The van der Waals surface area contributed by atoms with Gasteiger partial charge >= 0.3 is 0 Å². The number of hydrogen-bond donors (Lipinski definition) is 1. The molecule has 0 aliphatic carbocycles. The zero-order valence-electron chi connectivity index (χ0n) is 17.7. The van der Waals surface area contributed by atoms with Crippen LogP contribution in [-0.2, 0) is 10.5 Å². The molecule has 0 aliphatic heterocycles. The van der Waals surface area contributed by atoms with Gasteiger partial charge in [0.05, 0.1) is 11.5 Å². The molecule has 0 saturated carbocycles. The minimum absolute atomic E-state index is 0.168. The van der Waals surface area contributed by atoms with E-state index < -0.39 is 0 Å². The number of hydrogen-bond acceptors (Lipinski definition) is 7. The summed E-state index contributed by atoms with van der Waals surface area (Å²) in [6.07, 6.45) is 0. The van der Waals surface area contributed by atoms with E-state index in [-0.39, 0.29) is 11.7 Å². The quantitative estimate of drug-likeness (QED) is 0.193. The van der Waals surface area contributed by atoms with Crippen LogP contribution in [0.2, 0.25) is 0 Å². The Balaban J connectivity index is 1.28. The number of aromatic nitrogens is 2. The molecule has 0 aliphatic rings. The van der Waals surface area contributed by atoms with Gasteiger partial charge in [0.2, 0.25) is 0 Å². The van der Waals surface area contributed by atoms with Gasteiger partial charge in [0.15, 0.2) is 8.68 Å². The Morgan fingerprint density at radius 3 is 2.50 bits per heavy atom. The first kappa shape index (κ1) is 22.5. The minimum Gasteiger partial charge on any atom is -0.272 e. The van der Waals surface area contributed by atoms with E-state index >= 15 is 0 Å².